The lowest BCUT2D eigenvalue weighted by Gasteiger charge is -2.08. The van der Waals surface area contributed by atoms with Crippen LogP contribution in [0, 0.1) is 10.1 Å². The summed E-state index contributed by atoms with van der Waals surface area (Å²) in [5.74, 6) is -0.113. The molecule has 5 heteroatoms. The number of halogens is 1. The van der Waals surface area contributed by atoms with Gasteiger partial charge in [0.25, 0.3) is 0 Å². The van der Waals surface area contributed by atoms with E-state index < -0.39 is 11.6 Å². The van der Waals surface area contributed by atoms with E-state index in [-0.39, 0.29) is 17.4 Å². The number of benzene rings is 1. The second-order valence-electron chi connectivity index (χ2n) is 3.24. The molecule has 0 aliphatic carbocycles. The second kappa shape index (κ2) is 4.72. The molecule has 0 aromatic heterocycles. The number of nitro benzene ring substituents is 1. The smallest absolute Gasteiger partial charge is 0.310 e. The third-order valence-corrected chi connectivity index (χ3v) is 2.20. The molecular weight excluding hydrogens is 201 g/mol. The summed E-state index contributed by atoms with van der Waals surface area (Å²) in [7, 11) is 1.35. The molecule has 0 saturated heterocycles. The lowest BCUT2D eigenvalue weighted by molar-refractivity contribution is -0.385. The van der Waals surface area contributed by atoms with Crippen molar-refractivity contribution in [2.24, 2.45) is 0 Å². The van der Waals surface area contributed by atoms with Gasteiger partial charge < -0.3 is 4.74 Å². The third-order valence-electron chi connectivity index (χ3n) is 2.20. The maximum absolute atomic E-state index is 12.4. The number of ether oxygens (including phenoxy) is 1. The topological polar surface area (TPSA) is 52.4 Å². The summed E-state index contributed by atoms with van der Waals surface area (Å²) in [6.07, 6.45) is 0. The van der Waals surface area contributed by atoms with Crippen LogP contribution in [0.3, 0.4) is 0 Å². The van der Waals surface area contributed by atoms with Gasteiger partial charge in [-0.2, -0.15) is 0 Å². The Morgan fingerprint density at radius 2 is 2.27 bits per heavy atom. The van der Waals surface area contributed by atoms with Crippen molar-refractivity contribution in [3.8, 4) is 5.75 Å². The third kappa shape index (κ3) is 2.43. The van der Waals surface area contributed by atoms with Crippen LogP contribution in [0.1, 0.15) is 18.4 Å². The molecule has 0 N–H and O–H groups in total. The van der Waals surface area contributed by atoms with Gasteiger partial charge in [-0.1, -0.05) is 13.0 Å². The molecule has 0 spiro atoms. The van der Waals surface area contributed by atoms with Gasteiger partial charge in [0.2, 0.25) is 0 Å². The Hall–Kier alpha value is -1.65. The largest absolute Gasteiger partial charge is 0.490 e. The van der Waals surface area contributed by atoms with Crippen LogP contribution in [0.2, 0.25) is 0 Å². The molecule has 1 rings (SSSR count). The van der Waals surface area contributed by atoms with Gasteiger partial charge in [-0.25, -0.2) is 0 Å². The van der Waals surface area contributed by atoms with Crippen molar-refractivity contribution in [1.82, 2.24) is 0 Å². The van der Waals surface area contributed by atoms with Crippen LogP contribution < -0.4 is 4.74 Å². The van der Waals surface area contributed by atoms with E-state index >= 15 is 0 Å². The first kappa shape index (κ1) is 11.4. The van der Waals surface area contributed by atoms with E-state index in [0.29, 0.717) is 5.56 Å². The molecule has 4 nitrogen and oxygen atoms in total. The van der Waals surface area contributed by atoms with E-state index in [2.05, 4.69) is 0 Å². The maximum Gasteiger partial charge on any atom is 0.310 e. The first-order chi connectivity index (χ1) is 7.10. The van der Waals surface area contributed by atoms with Crippen molar-refractivity contribution >= 4 is 5.69 Å². The molecule has 0 heterocycles. The van der Waals surface area contributed by atoms with Crippen molar-refractivity contribution in [2.75, 3.05) is 13.8 Å². The minimum Gasteiger partial charge on any atom is -0.490 e. The van der Waals surface area contributed by atoms with E-state index in [1.54, 1.807) is 13.0 Å². The van der Waals surface area contributed by atoms with Gasteiger partial charge in [0, 0.05) is 12.0 Å². The standard InChI is InChI=1S/C10H12FNO3/c1-7(6-11)8-3-4-9(12(13)14)10(5-8)15-2/h3-5,7H,6H2,1-2H3. The Morgan fingerprint density at radius 1 is 1.60 bits per heavy atom. The number of rotatable bonds is 4. The molecule has 82 valence electrons. The number of hydrogen-bond acceptors (Lipinski definition) is 3. The lowest BCUT2D eigenvalue weighted by Crippen LogP contribution is -1.99. The molecule has 0 aliphatic heterocycles. The SMILES string of the molecule is COc1cc(C(C)CF)ccc1[N+](=O)[O-]. The van der Waals surface area contributed by atoms with Crippen LogP contribution in [0.25, 0.3) is 0 Å². The first-order valence-electron chi connectivity index (χ1n) is 4.48. The average molecular weight is 213 g/mol. The zero-order valence-electron chi connectivity index (χ0n) is 8.57. The van der Waals surface area contributed by atoms with E-state index in [1.165, 1.54) is 19.2 Å². The zero-order valence-corrected chi connectivity index (χ0v) is 8.57. The molecule has 0 radical (unpaired) electrons. The van der Waals surface area contributed by atoms with Crippen molar-refractivity contribution in [3.05, 3.63) is 33.9 Å². The fourth-order valence-electron chi connectivity index (χ4n) is 1.24. The molecule has 0 bridgehead atoms. The van der Waals surface area contributed by atoms with E-state index in [4.69, 9.17) is 4.74 Å². The molecule has 1 atom stereocenters. The molecule has 0 aliphatic rings. The van der Waals surface area contributed by atoms with Crippen LogP contribution in [-0.2, 0) is 0 Å². The number of hydrogen-bond donors (Lipinski definition) is 0. The van der Waals surface area contributed by atoms with Crippen LogP contribution in [0.15, 0.2) is 18.2 Å². The number of alkyl halides is 1. The molecular formula is C10H12FNO3. The van der Waals surface area contributed by atoms with E-state index in [1.807, 2.05) is 0 Å². The van der Waals surface area contributed by atoms with Crippen LogP contribution in [-0.4, -0.2) is 18.7 Å². The number of nitrogens with zero attached hydrogens (tertiary/aromatic N) is 1. The predicted octanol–water partition coefficient (Wildman–Crippen LogP) is 2.68. The quantitative estimate of drug-likeness (QED) is 0.570. The Balaban J connectivity index is 3.13. The van der Waals surface area contributed by atoms with Crippen LogP contribution in [0.4, 0.5) is 10.1 Å². The zero-order chi connectivity index (χ0) is 11.4. The highest BCUT2D eigenvalue weighted by molar-refractivity contribution is 5.49. The first-order valence-corrected chi connectivity index (χ1v) is 4.48. The molecule has 0 saturated carbocycles. The lowest BCUT2D eigenvalue weighted by atomic mass is 10.0. The normalized spacial score (nSPS) is 12.2. The summed E-state index contributed by atoms with van der Waals surface area (Å²) in [5.41, 5.74) is 0.590. The fourth-order valence-corrected chi connectivity index (χ4v) is 1.24. The molecule has 15 heavy (non-hydrogen) atoms. The number of methoxy groups -OCH3 is 1. The molecule has 1 aromatic rings. The van der Waals surface area contributed by atoms with Crippen LogP contribution in [0.5, 0.6) is 5.75 Å². The minimum absolute atomic E-state index is 0.104. The summed E-state index contributed by atoms with van der Waals surface area (Å²) in [6, 6.07) is 4.38. The maximum atomic E-state index is 12.4. The summed E-state index contributed by atoms with van der Waals surface area (Å²) in [6.45, 7) is 1.21. The van der Waals surface area contributed by atoms with Crippen LogP contribution >= 0.6 is 0 Å². The summed E-state index contributed by atoms with van der Waals surface area (Å²) in [4.78, 5) is 10.1. The average Bonchev–Trinajstić information content (AvgIpc) is 2.26. The van der Waals surface area contributed by atoms with Crippen molar-refractivity contribution in [1.29, 1.82) is 0 Å². The Bertz CT molecular complexity index is 368. The highest BCUT2D eigenvalue weighted by Gasteiger charge is 2.16. The molecule has 0 amide bonds. The fraction of sp³-hybridized carbons (Fsp3) is 0.400. The molecule has 0 fully saturated rings. The van der Waals surface area contributed by atoms with Gasteiger partial charge in [-0.05, 0) is 11.6 Å². The Kier molecular flexibility index (Phi) is 3.60. The van der Waals surface area contributed by atoms with Gasteiger partial charge in [-0.3, -0.25) is 14.5 Å². The van der Waals surface area contributed by atoms with Gasteiger partial charge in [0.05, 0.1) is 18.7 Å². The summed E-state index contributed by atoms with van der Waals surface area (Å²) >= 11 is 0. The van der Waals surface area contributed by atoms with E-state index in [0.717, 1.165) is 0 Å². The predicted molar refractivity (Wildman–Crippen MR) is 54.0 cm³/mol. The van der Waals surface area contributed by atoms with Gasteiger partial charge in [0.15, 0.2) is 5.75 Å². The highest BCUT2D eigenvalue weighted by atomic mass is 19.1. The summed E-state index contributed by atoms with van der Waals surface area (Å²) < 4.78 is 17.3. The van der Waals surface area contributed by atoms with Gasteiger partial charge in [0.1, 0.15) is 0 Å². The van der Waals surface area contributed by atoms with Gasteiger partial charge in [-0.15, -0.1) is 0 Å². The summed E-state index contributed by atoms with van der Waals surface area (Å²) in [5, 5.41) is 10.6. The van der Waals surface area contributed by atoms with E-state index in [9.17, 15) is 14.5 Å². The molecule has 1 aromatic carbocycles. The number of nitro groups is 1. The van der Waals surface area contributed by atoms with Gasteiger partial charge >= 0.3 is 5.69 Å². The van der Waals surface area contributed by atoms with Crippen molar-refractivity contribution in [2.45, 2.75) is 12.8 Å². The Morgan fingerprint density at radius 3 is 2.73 bits per heavy atom. The highest BCUT2D eigenvalue weighted by Crippen LogP contribution is 2.30. The van der Waals surface area contributed by atoms with Crippen molar-refractivity contribution in [3.63, 3.8) is 0 Å². The van der Waals surface area contributed by atoms with Crippen molar-refractivity contribution < 1.29 is 14.1 Å². The minimum atomic E-state index is -0.525. The monoisotopic (exact) mass is 213 g/mol. The molecule has 1 unspecified atom stereocenters. The second-order valence-corrected chi connectivity index (χ2v) is 3.24. The Labute approximate surface area is 86.8 Å².